The maximum Gasteiger partial charge on any atom is 0.287 e. The summed E-state index contributed by atoms with van der Waals surface area (Å²) in [5.74, 6) is 0.162. The van der Waals surface area contributed by atoms with Crippen LogP contribution in [0.1, 0.15) is 16.1 Å². The maximum atomic E-state index is 13.7. The Bertz CT molecular complexity index is 830. The van der Waals surface area contributed by atoms with Gasteiger partial charge in [-0.1, -0.05) is 30.3 Å². The normalized spacial score (nSPS) is 10.9. The zero-order valence-corrected chi connectivity index (χ0v) is 13.5. The smallest absolute Gasteiger partial charge is 0.287 e. The first-order valence-corrected chi connectivity index (χ1v) is 8.29. The van der Waals surface area contributed by atoms with Gasteiger partial charge in [0, 0.05) is 28.1 Å². The van der Waals surface area contributed by atoms with Crippen LogP contribution in [0, 0.1) is 12.7 Å². The number of thioether (sulfide) groups is 1. The van der Waals surface area contributed by atoms with E-state index in [0.717, 1.165) is 10.6 Å². The summed E-state index contributed by atoms with van der Waals surface area (Å²) in [5, 5.41) is 3.45. The highest BCUT2D eigenvalue weighted by Gasteiger charge is 2.18. The van der Waals surface area contributed by atoms with Crippen molar-refractivity contribution in [1.82, 2.24) is 5.32 Å². The molecule has 0 aliphatic carbocycles. The van der Waals surface area contributed by atoms with Crippen LogP contribution >= 0.6 is 11.8 Å². The lowest BCUT2D eigenvalue weighted by molar-refractivity contribution is 0.0929. The molecule has 2 aromatic carbocycles. The third-order valence-corrected chi connectivity index (χ3v) is 4.54. The largest absolute Gasteiger partial charge is 0.448 e. The quantitative estimate of drug-likeness (QED) is 0.557. The first-order valence-electron chi connectivity index (χ1n) is 7.30. The van der Waals surface area contributed by atoms with Gasteiger partial charge in [-0.2, -0.15) is 0 Å². The molecule has 23 heavy (non-hydrogen) atoms. The fraction of sp³-hybridized carbons (Fsp3) is 0.167. The van der Waals surface area contributed by atoms with E-state index in [-0.39, 0.29) is 17.3 Å². The predicted molar refractivity (Wildman–Crippen MR) is 90.4 cm³/mol. The Morgan fingerprint density at radius 1 is 1.17 bits per heavy atom. The molecule has 3 rings (SSSR count). The number of rotatable bonds is 5. The molecule has 1 amide bonds. The molecule has 1 N–H and O–H groups in total. The van der Waals surface area contributed by atoms with E-state index >= 15 is 0 Å². The molecule has 3 aromatic rings. The number of hydrogen-bond acceptors (Lipinski definition) is 3. The highest BCUT2D eigenvalue weighted by Crippen LogP contribution is 2.27. The fourth-order valence-corrected chi connectivity index (χ4v) is 3.15. The van der Waals surface area contributed by atoms with Crippen LogP contribution in [0.3, 0.4) is 0 Å². The summed E-state index contributed by atoms with van der Waals surface area (Å²) in [4.78, 5) is 13.4. The van der Waals surface area contributed by atoms with Crippen molar-refractivity contribution in [2.45, 2.75) is 11.8 Å². The summed E-state index contributed by atoms with van der Waals surface area (Å²) in [6.07, 6.45) is 0. The Labute approximate surface area is 137 Å². The van der Waals surface area contributed by atoms with Crippen molar-refractivity contribution < 1.29 is 13.6 Å². The molecule has 0 spiro atoms. The molecule has 3 nitrogen and oxygen atoms in total. The summed E-state index contributed by atoms with van der Waals surface area (Å²) in [7, 11) is 0. The number of hydrogen-bond donors (Lipinski definition) is 1. The van der Waals surface area contributed by atoms with Crippen molar-refractivity contribution in [2.75, 3.05) is 12.3 Å². The Morgan fingerprint density at radius 3 is 2.70 bits per heavy atom. The molecule has 1 heterocycles. The van der Waals surface area contributed by atoms with E-state index in [0.29, 0.717) is 17.5 Å². The number of benzene rings is 2. The summed E-state index contributed by atoms with van der Waals surface area (Å²) in [6, 6.07) is 14.7. The maximum absolute atomic E-state index is 13.7. The minimum atomic E-state index is -0.454. The Balaban J connectivity index is 1.62. The highest BCUT2D eigenvalue weighted by atomic mass is 32.2. The van der Waals surface area contributed by atoms with Crippen LogP contribution in [0.2, 0.25) is 0 Å². The predicted octanol–water partition coefficient (Wildman–Crippen LogP) is 4.40. The number of nitrogens with one attached hydrogen (secondary N) is 1. The number of amides is 1. The Hall–Kier alpha value is -2.27. The van der Waals surface area contributed by atoms with Gasteiger partial charge in [-0.15, -0.1) is 11.8 Å². The van der Waals surface area contributed by atoms with E-state index in [1.54, 1.807) is 30.8 Å². The van der Waals surface area contributed by atoms with Crippen molar-refractivity contribution in [2.24, 2.45) is 0 Å². The molecule has 0 fully saturated rings. The monoisotopic (exact) mass is 329 g/mol. The van der Waals surface area contributed by atoms with Crippen LogP contribution in [0.4, 0.5) is 4.39 Å². The third kappa shape index (κ3) is 3.40. The molecule has 0 bridgehead atoms. The van der Waals surface area contributed by atoms with Gasteiger partial charge in [0.15, 0.2) is 17.2 Å². The van der Waals surface area contributed by atoms with E-state index < -0.39 is 5.82 Å². The topological polar surface area (TPSA) is 42.2 Å². The highest BCUT2D eigenvalue weighted by molar-refractivity contribution is 7.99. The van der Waals surface area contributed by atoms with Crippen LogP contribution in [0.15, 0.2) is 57.8 Å². The molecular weight excluding hydrogens is 313 g/mol. The zero-order chi connectivity index (χ0) is 16.2. The molecular formula is C18H16FNO2S. The lowest BCUT2D eigenvalue weighted by Crippen LogP contribution is -2.25. The lowest BCUT2D eigenvalue weighted by atomic mass is 10.1. The number of carbonyl (C=O) groups is 1. The summed E-state index contributed by atoms with van der Waals surface area (Å²) in [6.45, 7) is 2.27. The van der Waals surface area contributed by atoms with Crippen LogP contribution in [0.25, 0.3) is 11.0 Å². The molecule has 0 saturated heterocycles. The van der Waals surface area contributed by atoms with Crippen LogP contribution in [0.5, 0.6) is 0 Å². The Morgan fingerprint density at radius 2 is 1.96 bits per heavy atom. The molecule has 0 aliphatic rings. The van der Waals surface area contributed by atoms with Crippen LogP contribution < -0.4 is 5.32 Å². The number of aryl methyl sites for hydroxylation is 1. The van der Waals surface area contributed by atoms with Gasteiger partial charge in [0.05, 0.1) is 0 Å². The molecule has 0 unspecified atom stereocenters. The minimum absolute atomic E-state index is 0.133. The van der Waals surface area contributed by atoms with E-state index in [1.807, 2.05) is 30.3 Å². The first kappa shape index (κ1) is 15.6. The number of furan rings is 1. The molecule has 0 saturated carbocycles. The number of halogens is 1. The zero-order valence-electron chi connectivity index (χ0n) is 12.6. The van der Waals surface area contributed by atoms with Gasteiger partial charge in [0.25, 0.3) is 5.91 Å². The second kappa shape index (κ2) is 6.87. The molecule has 0 radical (unpaired) electrons. The van der Waals surface area contributed by atoms with E-state index in [2.05, 4.69) is 5.32 Å². The molecule has 0 aliphatic heterocycles. The second-order valence-electron chi connectivity index (χ2n) is 5.09. The number of carbonyl (C=O) groups excluding carboxylic acids is 1. The molecule has 1 aromatic heterocycles. The SMILES string of the molecule is Cc1c(C(=O)NCCSc2ccccc2)oc2c(F)cccc12. The van der Waals surface area contributed by atoms with Gasteiger partial charge in [0.1, 0.15) is 0 Å². The number of fused-ring (bicyclic) bond motifs is 1. The van der Waals surface area contributed by atoms with Crippen LogP contribution in [-0.2, 0) is 0 Å². The Kier molecular flexibility index (Phi) is 4.67. The van der Waals surface area contributed by atoms with Gasteiger partial charge >= 0.3 is 0 Å². The van der Waals surface area contributed by atoms with E-state index in [9.17, 15) is 9.18 Å². The van der Waals surface area contributed by atoms with Crippen molar-refractivity contribution in [3.05, 3.63) is 65.7 Å². The van der Waals surface area contributed by atoms with E-state index in [1.165, 1.54) is 6.07 Å². The van der Waals surface area contributed by atoms with Crippen molar-refractivity contribution >= 4 is 28.6 Å². The second-order valence-corrected chi connectivity index (χ2v) is 6.26. The third-order valence-electron chi connectivity index (χ3n) is 3.52. The van der Waals surface area contributed by atoms with Crippen molar-refractivity contribution in [3.8, 4) is 0 Å². The van der Waals surface area contributed by atoms with Gasteiger partial charge in [-0.05, 0) is 25.1 Å². The van der Waals surface area contributed by atoms with Gasteiger partial charge < -0.3 is 9.73 Å². The van der Waals surface area contributed by atoms with Gasteiger partial charge in [-0.3, -0.25) is 4.79 Å². The van der Waals surface area contributed by atoms with Gasteiger partial charge in [-0.25, -0.2) is 4.39 Å². The lowest BCUT2D eigenvalue weighted by Gasteiger charge is -2.04. The summed E-state index contributed by atoms with van der Waals surface area (Å²) < 4.78 is 19.1. The fourth-order valence-electron chi connectivity index (χ4n) is 2.36. The molecule has 5 heteroatoms. The standard InChI is InChI=1S/C18H16FNO2S/c1-12-14-8-5-9-15(19)17(14)22-16(12)18(21)20-10-11-23-13-6-3-2-4-7-13/h2-9H,10-11H2,1H3,(H,20,21). The average Bonchev–Trinajstić information content (AvgIpc) is 2.91. The molecule has 118 valence electrons. The average molecular weight is 329 g/mol. The van der Waals surface area contributed by atoms with Crippen molar-refractivity contribution in [1.29, 1.82) is 0 Å². The summed E-state index contributed by atoms with van der Waals surface area (Å²) in [5.41, 5.74) is 0.793. The minimum Gasteiger partial charge on any atom is -0.448 e. The molecule has 0 atom stereocenters. The summed E-state index contributed by atoms with van der Waals surface area (Å²) >= 11 is 1.66. The van der Waals surface area contributed by atoms with Gasteiger partial charge in [0.2, 0.25) is 0 Å². The van der Waals surface area contributed by atoms with E-state index in [4.69, 9.17) is 4.42 Å². The van der Waals surface area contributed by atoms with Crippen molar-refractivity contribution in [3.63, 3.8) is 0 Å². The number of para-hydroxylation sites is 1. The first-order chi connectivity index (χ1) is 11.2. The van der Waals surface area contributed by atoms with Crippen LogP contribution in [-0.4, -0.2) is 18.2 Å².